The van der Waals surface area contributed by atoms with Crippen LogP contribution in [0.5, 0.6) is 0 Å². The third-order valence-electron chi connectivity index (χ3n) is 5.19. The highest BCUT2D eigenvalue weighted by atomic mass is 32.1. The van der Waals surface area contributed by atoms with Gasteiger partial charge in [-0.1, -0.05) is 36.4 Å². The molecule has 0 aliphatic carbocycles. The van der Waals surface area contributed by atoms with E-state index >= 15 is 0 Å². The van der Waals surface area contributed by atoms with Gasteiger partial charge < -0.3 is 9.67 Å². The highest BCUT2D eigenvalue weighted by molar-refractivity contribution is 7.71. The topological polar surface area (TPSA) is 46.2 Å². The first-order valence-corrected chi connectivity index (χ1v) is 11.1. The third-order valence-corrected chi connectivity index (χ3v) is 6.50. The van der Waals surface area contributed by atoms with E-state index in [1.165, 1.54) is 10.4 Å². The number of aromatic nitrogens is 3. The van der Waals surface area contributed by atoms with Crippen LogP contribution in [0, 0.1) is 4.77 Å². The molecule has 0 spiro atoms. The van der Waals surface area contributed by atoms with Crippen LogP contribution >= 0.6 is 23.6 Å². The molecule has 3 aromatic rings. The number of β-amino-alcohol motifs (C(OH)–C–C–N with tert-alkyl or cyclic N) is 1. The van der Waals surface area contributed by atoms with Crippen LogP contribution in [0.4, 0.5) is 0 Å². The molecule has 28 heavy (non-hydrogen) atoms. The Morgan fingerprint density at radius 3 is 2.79 bits per heavy atom. The van der Waals surface area contributed by atoms with E-state index in [0.29, 0.717) is 13.2 Å². The second-order valence-electron chi connectivity index (χ2n) is 7.36. The minimum Gasteiger partial charge on any atom is -0.392 e. The maximum absolute atomic E-state index is 9.97. The number of rotatable bonds is 7. The third kappa shape index (κ3) is 4.78. The van der Waals surface area contributed by atoms with Crippen LogP contribution in [0.1, 0.15) is 29.1 Å². The summed E-state index contributed by atoms with van der Waals surface area (Å²) in [7, 11) is 0. The largest absolute Gasteiger partial charge is 0.392 e. The standard InChI is InChI=1S/C21H26N4OS2/c26-18-8-4-11-23(15-18)16-25-21(27)24(12-10-17-6-2-1-3-7-17)20(22-25)14-19-9-5-13-28-19/h1-3,5-7,9,13,18,26H,4,8,10-12,14-16H2/t18-/m1/s1. The average Bonchev–Trinajstić information content (AvgIpc) is 3.30. The number of likely N-dealkylation sites (tertiary alicyclic amines) is 1. The van der Waals surface area contributed by atoms with Crippen LogP contribution in [0.15, 0.2) is 47.8 Å². The van der Waals surface area contributed by atoms with Gasteiger partial charge in [-0.05, 0) is 48.5 Å². The summed E-state index contributed by atoms with van der Waals surface area (Å²) in [5.74, 6) is 1.01. The Hall–Kier alpha value is -1.80. The van der Waals surface area contributed by atoms with Crippen LogP contribution in [-0.2, 0) is 26.1 Å². The molecule has 0 bridgehead atoms. The Kier molecular flexibility index (Phi) is 6.36. The van der Waals surface area contributed by atoms with Crippen LogP contribution in [0.2, 0.25) is 0 Å². The van der Waals surface area contributed by atoms with Crippen LogP contribution in [0.3, 0.4) is 0 Å². The van der Waals surface area contributed by atoms with Crippen molar-refractivity contribution in [3.63, 3.8) is 0 Å². The number of aliphatic hydroxyl groups excluding tert-OH is 1. The van der Waals surface area contributed by atoms with Crippen molar-refractivity contribution >= 4 is 23.6 Å². The first-order chi connectivity index (χ1) is 13.7. The molecule has 0 amide bonds. The van der Waals surface area contributed by atoms with Crippen molar-refractivity contribution in [2.24, 2.45) is 0 Å². The van der Waals surface area contributed by atoms with E-state index in [2.05, 4.69) is 51.2 Å². The van der Waals surface area contributed by atoms with Gasteiger partial charge in [0.1, 0.15) is 5.82 Å². The van der Waals surface area contributed by atoms with E-state index < -0.39 is 0 Å². The van der Waals surface area contributed by atoms with Gasteiger partial charge >= 0.3 is 0 Å². The molecule has 1 aliphatic rings. The van der Waals surface area contributed by atoms with Gasteiger partial charge in [0.05, 0.1) is 12.8 Å². The van der Waals surface area contributed by atoms with Crippen molar-refractivity contribution in [1.82, 2.24) is 19.2 Å². The number of aliphatic hydroxyl groups is 1. The van der Waals surface area contributed by atoms with E-state index in [1.54, 1.807) is 11.3 Å². The molecule has 0 radical (unpaired) electrons. The number of piperidine rings is 1. The van der Waals surface area contributed by atoms with Crippen molar-refractivity contribution < 1.29 is 5.11 Å². The molecule has 1 fully saturated rings. The predicted molar refractivity (Wildman–Crippen MR) is 115 cm³/mol. The molecule has 1 aliphatic heterocycles. The highest BCUT2D eigenvalue weighted by Crippen LogP contribution is 2.17. The van der Waals surface area contributed by atoms with Gasteiger partial charge in [0, 0.05) is 30.9 Å². The quantitative estimate of drug-likeness (QED) is 0.599. The highest BCUT2D eigenvalue weighted by Gasteiger charge is 2.20. The lowest BCUT2D eigenvalue weighted by molar-refractivity contribution is 0.0512. The molecule has 148 valence electrons. The lowest BCUT2D eigenvalue weighted by atomic mass is 10.1. The first kappa shape index (κ1) is 19.5. The van der Waals surface area contributed by atoms with E-state index in [1.807, 2.05) is 10.7 Å². The molecular weight excluding hydrogens is 388 g/mol. The van der Waals surface area contributed by atoms with Crippen LogP contribution in [0.25, 0.3) is 0 Å². The smallest absolute Gasteiger partial charge is 0.199 e. The molecule has 1 N–H and O–H groups in total. The summed E-state index contributed by atoms with van der Waals surface area (Å²) in [6.07, 6.45) is 3.39. The lowest BCUT2D eigenvalue weighted by Gasteiger charge is -2.29. The number of benzene rings is 1. The number of hydrogen-bond donors (Lipinski definition) is 1. The van der Waals surface area contributed by atoms with Gasteiger partial charge in [0.2, 0.25) is 0 Å². The molecule has 2 aromatic heterocycles. The molecule has 3 heterocycles. The molecule has 0 saturated carbocycles. The fourth-order valence-corrected chi connectivity index (χ4v) is 4.73. The molecule has 1 atom stereocenters. The number of thiophene rings is 1. The minimum atomic E-state index is -0.242. The van der Waals surface area contributed by atoms with Crippen molar-refractivity contribution in [2.45, 2.75) is 45.0 Å². The fraction of sp³-hybridized carbons (Fsp3) is 0.429. The summed E-state index contributed by atoms with van der Waals surface area (Å²) >= 11 is 7.55. The number of nitrogens with zero attached hydrogens (tertiary/aromatic N) is 4. The van der Waals surface area contributed by atoms with Gasteiger partial charge in [-0.25, -0.2) is 4.68 Å². The van der Waals surface area contributed by atoms with Crippen molar-refractivity contribution in [3.05, 3.63) is 68.9 Å². The summed E-state index contributed by atoms with van der Waals surface area (Å²) in [4.78, 5) is 3.54. The predicted octanol–water partition coefficient (Wildman–Crippen LogP) is 3.72. The van der Waals surface area contributed by atoms with Gasteiger partial charge in [-0.2, -0.15) is 5.10 Å². The molecule has 1 saturated heterocycles. The van der Waals surface area contributed by atoms with Crippen LogP contribution < -0.4 is 0 Å². The second kappa shape index (κ2) is 9.13. The van der Waals surface area contributed by atoms with Gasteiger partial charge in [-0.15, -0.1) is 11.3 Å². The van der Waals surface area contributed by atoms with E-state index in [4.69, 9.17) is 17.3 Å². The lowest BCUT2D eigenvalue weighted by Crippen LogP contribution is -2.39. The average molecular weight is 415 g/mol. The Bertz CT molecular complexity index is 933. The van der Waals surface area contributed by atoms with Crippen LogP contribution in [-0.4, -0.2) is 43.5 Å². The molecule has 1 aromatic carbocycles. The fourth-order valence-electron chi connectivity index (χ4n) is 3.74. The zero-order valence-electron chi connectivity index (χ0n) is 15.9. The van der Waals surface area contributed by atoms with Crippen molar-refractivity contribution in [2.75, 3.05) is 13.1 Å². The zero-order valence-corrected chi connectivity index (χ0v) is 17.5. The molecule has 7 heteroatoms. The SMILES string of the molecule is O[C@@H]1CCCN(Cn2nc(Cc3cccs3)n(CCc3ccccc3)c2=S)C1. The normalized spacial score (nSPS) is 17.8. The van der Waals surface area contributed by atoms with E-state index in [-0.39, 0.29) is 6.10 Å². The number of aryl methyl sites for hydroxylation is 1. The zero-order chi connectivity index (χ0) is 19.3. The van der Waals surface area contributed by atoms with Gasteiger partial charge in [0.25, 0.3) is 0 Å². The summed E-state index contributed by atoms with van der Waals surface area (Å²) in [6.45, 7) is 3.15. The Labute approximate surface area is 174 Å². The summed E-state index contributed by atoms with van der Waals surface area (Å²) < 4.78 is 4.88. The van der Waals surface area contributed by atoms with Crippen molar-refractivity contribution in [1.29, 1.82) is 0 Å². The number of hydrogen-bond acceptors (Lipinski definition) is 5. The summed E-state index contributed by atoms with van der Waals surface area (Å²) in [5, 5.41) is 16.9. The molecule has 5 nitrogen and oxygen atoms in total. The molecule has 0 unspecified atom stereocenters. The molecule has 4 rings (SSSR count). The minimum absolute atomic E-state index is 0.242. The maximum atomic E-state index is 9.97. The Morgan fingerprint density at radius 2 is 2.04 bits per heavy atom. The summed E-state index contributed by atoms with van der Waals surface area (Å²) in [6, 6.07) is 14.7. The van der Waals surface area contributed by atoms with Crippen molar-refractivity contribution in [3.8, 4) is 0 Å². The Balaban J connectivity index is 1.56. The van der Waals surface area contributed by atoms with E-state index in [9.17, 15) is 5.11 Å². The summed E-state index contributed by atoms with van der Waals surface area (Å²) in [5.41, 5.74) is 1.30. The maximum Gasteiger partial charge on any atom is 0.199 e. The van der Waals surface area contributed by atoms with Gasteiger partial charge in [-0.3, -0.25) is 4.90 Å². The van der Waals surface area contributed by atoms with E-state index in [0.717, 1.165) is 49.4 Å². The first-order valence-electron chi connectivity index (χ1n) is 9.82. The van der Waals surface area contributed by atoms with Gasteiger partial charge in [0.15, 0.2) is 4.77 Å². The monoisotopic (exact) mass is 414 g/mol. The second-order valence-corrected chi connectivity index (χ2v) is 8.75. The molecular formula is C21H26N4OS2. The Morgan fingerprint density at radius 1 is 1.18 bits per heavy atom.